The second-order valence-corrected chi connectivity index (χ2v) is 4.64. The number of aliphatic hydroxyl groups is 1. The van der Waals surface area contributed by atoms with Crippen LogP contribution in [0.5, 0.6) is 0 Å². The third kappa shape index (κ3) is 2.48. The van der Waals surface area contributed by atoms with Gasteiger partial charge in [0.15, 0.2) is 5.65 Å². The standard InChI is InChI=1S/C15H16N4O/c1-10-2-7-13-15(17-10)19-14(18-13)11-3-5-12(6-4-11)16-8-9-20/h2-7,16,20H,8-9H2,1H3,(H,17,18,19). The second kappa shape index (κ2) is 5.30. The van der Waals surface area contributed by atoms with E-state index in [4.69, 9.17) is 5.11 Å². The third-order valence-corrected chi connectivity index (χ3v) is 3.08. The molecule has 1 aromatic carbocycles. The van der Waals surface area contributed by atoms with Gasteiger partial charge in [0.25, 0.3) is 0 Å². The van der Waals surface area contributed by atoms with Crippen molar-refractivity contribution >= 4 is 16.9 Å². The highest BCUT2D eigenvalue weighted by molar-refractivity contribution is 5.76. The SMILES string of the molecule is Cc1ccc2[nH]c(-c3ccc(NCCO)cc3)nc2n1. The van der Waals surface area contributed by atoms with Crippen molar-refractivity contribution in [3.8, 4) is 11.4 Å². The van der Waals surface area contributed by atoms with Crippen LogP contribution >= 0.6 is 0 Å². The number of pyridine rings is 1. The van der Waals surface area contributed by atoms with Gasteiger partial charge >= 0.3 is 0 Å². The number of nitrogens with one attached hydrogen (secondary N) is 2. The Morgan fingerprint density at radius 2 is 1.90 bits per heavy atom. The fourth-order valence-electron chi connectivity index (χ4n) is 2.07. The van der Waals surface area contributed by atoms with E-state index < -0.39 is 0 Å². The molecule has 5 nitrogen and oxygen atoms in total. The van der Waals surface area contributed by atoms with Crippen LogP contribution in [0.2, 0.25) is 0 Å². The van der Waals surface area contributed by atoms with Crippen molar-refractivity contribution < 1.29 is 5.11 Å². The highest BCUT2D eigenvalue weighted by Crippen LogP contribution is 2.21. The number of rotatable bonds is 4. The zero-order valence-corrected chi connectivity index (χ0v) is 11.2. The molecule has 0 spiro atoms. The van der Waals surface area contributed by atoms with E-state index in [9.17, 15) is 0 Å². The number of aryl methyl sites for hydroxylation is 1. The number of aromatic amines is 1. The van der Waals surface area contributed by atoms with Gasteiger partial charge < -0.3 is 15.4 Å². The van der Waals surface area contributed by atoms with Gasteiger partial charge in [-0.15, -0.1) is 0 Å². The number of imidazole rings is 1. The normalized spacial score (nSPS) is 10.9. The molecule has 0 aliphatic rings. The van der Waals surface area contributed by atoms with Crippen molar-refractivity contribution in [2.45, 2.75) is 6.92 Å². The van der Waals surface area contributed by atoms with Crippen LogP contribution in [0.4, 0.5) is 5.69 Å². The maximum Gasteiger partial charge on any atom is 0.178 e. The van der Waals surface area contributed by atoms with Crippen molar-refractivity contribution in [1.82, 2.24) is 15.0 Å². The van der Waals surface area contributed by atoms with E-state index in [1.54, 1.807) is 0 Å². The first-order valence-electron chi connectivity index (χ1n) is 6.55. The van der Waals surface area contributed by atoms with Crippen molar-refractivity contribution in [2.24, 2.45) is 0 Å². The lowest BCUT2D eigenvalue weighted by atomic mass is 10.2. The average Bonchev–Trinajstić information content (AvgIpc) is 2.88. The summed E-state index contributed by atoms with van der Waals surface area (Å²) in [4.78, 5) is 12.2. The maximum absolute atomic E-state index is 8.78. The van der Waals surface area contributed by atoms with E-state index in [1.807, 2.05) is 43.3 Å². The number of H-pyrrole nitrogens is 1. The predicted octanol–water partition coefficient (Wildman–Crippen LogP) is 2.34. The van der Waals surface area contributed by atoms with Gasteiger partial charge in [-0.2, -0.15) is 0 Å². The molecule has 0 unspecified atom stereocenters. The Morgan fingerprint density at radius 3 is 2.65 bits per heavy atom. The molecular weight excluding hydrogens is 252 g/mol. The van der Waals surface area contributed by atoms with E-state index in [0.717, 1.165) is 33.9 Å². The van der Waals surface area contributed by atoms with Gasteiger partial charge in [-0.1, -0.05) is 0 Å². The number of hydrogen-bond acceptors (Lipinski definition) is 4. The van der Waals surface area contributed by atoms with Crippen molar-refractivity contribution in [2.75, 3.05) is 18.5 Å². The minimum Gasteiger partial charge on any atom is -0.395 e. The van der Waals surface area contributed by atoms with Crippen LogP contribution in [-0.4, -0.2) is 33.2 Å². The fourth-order valence-corrected chi connectivity index (χ4v) is 2.07. The third-order valence-electron chi connectivity index (χ3n) is 3.08. The Bertz CT molecular complexity index is 718. The second-order valence-electron chi connectivity index (χ2n) is 4.64. The molecule has 3 aromatic rings. The smallest absolute Gasteiger partial charge is 0.178 e. The summed E-state index contributed by atoms with van der Waals surface area (Å²) in [5.74, 6) is 0.812. The summed E-state index contributed by atoms with van der Waals surface area (Å²) >= 11 is 0. The molecule has 3 rings (SSSR count). The van der Waals surface area contributed by atoms with Crippen LogP contribution < -0.4 is 5.32 Å². The molecular formula is C15H16N4O. The molecule has 0 saturated heterocycles. The van der Waals surface area contributed by atoms with Gasteiger partial charge in [-0.25, -0.2) is 9.97 Å². The Hall–Kier alpha value is -2.40. The molecule has 0 bridgehead atoms. The molecule has 5 heteroatoms. The van der Waals surface area contributed by atoms with Gasteiger partial charge in [0.1, 0.15) is 5.82 Å². The van der Waals surface area contributed by atoms with Crippen molar-refractivity contribution in [3.63, 3.8) is 0 Å². The average molecular weight is 268 g/mol. The lowest BCUT2D eigenvalue weighted by molar-refractivity contribution is 0.311. The number of fused-ring (bicyclic) bond motifs is 1. The van der Waals surface area contributed by atoms with Crippen LogP contribution in [0.1, 0.15) is 5.69 Å². The van der Waals surface area contributed by atoms with Crippen LogP contribution in [0.3, 0.4) is 0 Å². The Morgan fingerprint density at radius 1 is 1.10 bits per heavy atom. The Balaban J connectivity index is 1.90. The lowest BCUT2D eigenvalue weighted by Crippen LogP contribution is -2.04. The monoisotopic (exact) mass is 268 g/mol. The summed E-state index contributed by atoms with van der Waals surface area (Å²) < 4.78 is 0. The zero-order chi connectivity index (χ0) is 13.9. The molecule has 20 heavy (non-hydrogen) atoms. The molecule has 2 heterocycles. The Kier molecular flexibility index (Phi) is 3.35. The number of aromatic nitrogens is 3. The molecule has 0 atom stereocenters. The fraction of sp³-hybridized carbons (Fsp3) is 0.200. The van der Waals surface area contributed by atoms with Gasteiger partial charge in [0.2, 0.25) is 0 Å². The van der Waals surface area contributed by atoms with Gasteiger partial charge in [0, 0.05) is 23.5 Å². The quantitative estimate of drug-likeness (QED) is 0.679. The van der Waals surface area contributed by atoms with E-state index in [-0.39, 0.29) is 6.61 Å². The summed E-state index contributed by atoms with van der Waals surface area (Å²) in [7, 11) is 0. The molecule has 0 aliphatic carbocycles. The van der Waals surface area contributed by atoms with E-state index in [2.05, 4.69) is 20.3 Å². The highest BCUT2D eigenvalue weighted by atomic mass is 16.3. The summed E-state index contributed by atoms with van der Waals surface area (Å²) in [6.07, 6.45) is 0. The minimum atomic E-state index is 0.121. The van der Waals surface area contributed by atoms with Gasteiger partial charge in [-0.05, 0) is 43.3 Å². The molecule has 3 N–H and O–H groups in total. The first kappa shape index (κ1) is 12.6. The van der Waals surface area contributed by atoms with Crippen LogP contribution in [-0.2, 0) is 0 Å². The van der Waals surface area contributed by atoms with Crippen molar-refractivity contribution in [3.05, 3.63) is 42.1 Å². The zero-order valence-electron chi connectivity index (χ0n) is 11.2. The minimum absolute atomic E-state index is 0.121. The van der Waals surface area contributed by atoms with Crippen LogP contribution in [0.25, 0.3) is 22.6 Å². The maximum atomic E-state index is 8.78. The van der Waals surface area contributed by atoms with Gasteiger partial charge in [0.05, 0.1) is 12.1 Å². The molecule has 2 aromatic heterocycles. The summed E-state index contributed by atoms with van der Waals surface area (Å²) in [6, 6.07) is 11.9. The summed E-state index contributed by atoms with van der Waals surface area (Å²) in [5, 5.41) is 11.9. The van der Waals surface area contributed by atoms with Gasteiger partial charge in [-0.3, -0.25) is 0 Å². The lowest BCUT2D eigenvalue weighted by Gasteiger charge is -2.04. The molecule has 0 fully saturated rings. The number of aliphatic hydroxyl groups excluding tert-OH is 1. The summed E-state index contributed by atoms with van der Waals surface area (Å²) in [6.45, 7) is 2.62. The van der Waals surface area contributed by atoms with Crippen molar-refractivity contribution in [1.29, 1.82) is 0 Å². The number of anilines is 1. The number of hydrogen-bond donors (Lipinski definition) is 3. The molecule has 0 radical (unpaired) electrons. The molecule has 0 aliphatic heterocycles. The first-order chi connectivity index (χ1) is 9.76. The number of benzene rings is 1. The summed E-state index contributed by atoms with van der Waals surface area (Å²) in [5.41, 5.74) is 4.62. The highest BCUT2D eigenvalue weighted by Gasteiger charge is 2.06. The predicted molar refractivity (Wildman–Crippen MR) is 79.6 cm³/mol. The molecule has 0 amide bonds. The largest absolute Gasteiger partial charge is 0.395 e. The first-order valence-corrected chi connectivity index (χ1v) is 6.55. The van der Waals surface area contributed by atoms with Crippen LogP contribution in [0.15, 0.2) is 36.4 Å². The molecule has 0 saturated carbocycles. The number of nitrogens with zero attached hydrogens (tertiary/aromatic N) is 2. The van der Waals surface area contributed by atoms with E-state index in [0.29, 0.717) is 6.54 Å². The van der Waals surface area contributed by atoms with E-state index in [1.165, 1.54) is 0 Å². The Labute approximate surface area is 116 Å². The topological polar surface area (TPSA) is 73.8 Å². The van der Waals surface area contributed by atoms with Crippen LogP contribution in [0, 0.1) is 6.92 Å². The van der Waals surface area contributed by atoms with E-state index >= 15 is 0 Å². The molecule has 102 valence electrons.